The molecule has 2 rings (SSSR count). The fourth-order valence-corrected chi connectivity index (χ4v) is 3.18. The summed E-state index contributed by atoms with van der Waals surface area (Å²) in [6.45, 7) is 0. The quantitative estimate of drug-likeness (QED) is 0.769. The third kappa shape index (κ3) is 5.02. The number of ether oxygens (including phenoxy) is 1. The molecule has 0 aliphatic carbocycles. The molecule has 1 unspecified atom stereocenters. The molecule has 2 aromatic carbocycles. The van der Waals surface area contributed by atoms with E-state index in [1.54, 1.807) is 19.2 Å². The molecule has 5 heteroatoms. The van der Waals surface area contributed by atoms with Gasteiger partial charge in [-0.3, -0.25) is 0 Å². The van der Waals surface area contributed by atoms with Crippen molar-refractivity contribution in [2.45, 2.75) is 17.4 Å². The van der Waals surface area contributed by atoms with Crippen LogP contribution in [-0.2, 0) is 6.42 Å². The second-order valence-electron chi connectivity index (χ2n) is 4.58. The van der Waals surface area contributed by atoms with E-state index < -0.39 is 6.10 Å². The Morgan fingerprint density at radius 1 is 1.24 bits per heavy atom. The summed E-state index contributed by atoms with van der Waals surface area (Å²) >= 11 is 4.92. The van der Waals surface area contributed by atoms with E-state index in [9.17, 15) is 9.50 Å². The van der Waals surface area contributed by atoms with Gasteiger partial charge in [-0.2, -0.15) is 0 Å². The molecule has 0 aliphatic heterocycles. The number of thioether (sulfide) groups is 1. The van der Waals surface area contributed by atoms with Crippen LogP contribution < -0.4 is 4.74 Å². The molecule has 0 fully saturated rings. The Morgan fingerprint density at radius 2 is 1.95 bits per heavy atom. The molecule has 1 N–H and O–H groups in total. The van der Waals surface area contributed by atoms with E-state index in [2.05, 4.69) is 15.9 Å². The lowest BCUT2D eigenvalue weighted by molar-refractivity contribution is 0.198. The van der Waals surface area contributed by atoms with Gasteiger partial charge in [0, 0.05) is 21.5 Å². The second kappa shape index (κ2) is 7.82. The average molecular weight is 371 g/mol. The first kappa shape index (κ1) is 16.3. The summed E-state index contributed by atoms with van der Waals surface area (Å²) < 4.78 is 19.1. The van der Waals surface area contributed by atoms with Gasteiger partial charge in [0.05, 0.1) is 13.2 Å². The first-order chi connectivity index (χ1) is 10.1. The first-order valence-corrected chi connectivity index (χ1v) is 8.25. The molecule has 0 heterocycles. The zero-order chi connectivity index (χ0) is 15.2. The Kier molecular flexibility index (Phi) is 6.08. The molecule has 0 saturated heterocycles. The van der Waals surface area contributed by atoms with Crippen LogP contribution in [0.25, 0.3) is 0 Å². The molecular formula is C16H16BrFO2S. The van der Waals surface area contributed by atoms with Gasteiger partial charge in [0.25, 0.3) is 0 Å². The van der Waals surface area contributed by atoms with Crippen molar-refractivity contribution in [3.05, 3.63) is 58.3 Å². The van der Waals surface area contributed by atoms with E-state index in [-0.39, 0.29) is 5.82 Å². The molecular weight excluding hydrogens is 355 g/mol. The lowest BCUT2D eigenvalue weighted by Crippen LogP contribution is -2.14. The van der Waals surface area contributed by atoms with Crippen molar-refractivity contribution in [2.75, 3.05) is 12.9 Å². The normalized spacial score (nSPS) is 12.2. The minimum Gasteiger partial charge on any atom is -0.496 e. The highest BCUT2D eigenvalue weighted by molar-refractivity contribution is 9.10. The van der Waals surface area contributed by atoms with Crippen molar-refractivity contribution in [1.29, 1.82) is 0 Å². The van der Waals surface area contributed by atoms with Gasteiger partial charge in [0.2, 0.25) is 0 Å². The second-order valence-corrected chi connectivity index (χ2v) is 6.59. The van der Waals surface area contributed by atoms with Crippen LogP contribution in [0.4, 0.5) is 4.39 Å². The largest absolute Gasteiger partial charge is 0.496 e. The smallest absolute Gasteiger partial charge is 0.123 e. The fourth-order valence-electron chi connectivity index (χ4n) is 1.94. The summed E-state index contributed by atoms with van der Waals surface area (Å²) in [5.74, 6) is 1.06. The van der Waals surface area contributed by atoms with Gasteiger partial charge in [0.15, 0.2) is 0 Å². The zero-order valence-corrected chi connectivity index (χ0v) is 14.0. The molecule has 2 nitrogen and oxygen atoms in total. The highest BCUT2D eigenvalue weighted by Gasteiger charge is 2.11. The number of halogens is 2. The predicted molar refractivity (Wildman–Crippen MR) is 87.5 cm³/mol. The summed E-state index contributed by atoms with van der Waals surface area (Å²) in [5, 5.41) is 10.2. The Labute approximate surface area is 136 Å². The summed E-state index contributed by atoms with van der Waals surface area (Å²) in [5.41, 5.74) is 0.957. The topological polar surface area (TPSA) is 29.5 Å². The van der Waals surface area contributed by atoms with E-state index in [1.165, 1.54) is 23.9 Å². The molecule has 0 aliphatic rings. The van der Waals surface area contributed by atoms with E-state index in [0.29, 0.717) is 12.2 Å². The van der Waals surface area contributed by atoms with Crippen molar-refractivity contribution in [3.8, 4) is 5.75 Å². The van der Waals surface area contributed by atoms with Gasteiger partial charge in [-0.25, -0.2) is 4.39 Å². The molecule has 0 aromatic heterocycles. The minimum absolute atomic E-state index is 0.251. The highest BCUT2D eigenvalue weighted by Crippen LogP contribution is 2.26. The van der Waals surface area contributed by atoms with Crippen LogP contribution >= 0.6 is 27.7 Å². The van der Waals surface area contributed by atoms with Gasteiger partial charge >= 0.3 is 0 Å². The Bertz CT molecular complexity index is 589. The molecule has 112 valence electrons. The van der Waals surface area contributed by atoms with Crippen LogP contribution in [0.1, 0.15) is 5.56 Å². The van der Waals surface area contributed by atoms with Crippen LogP contribution in [0.3, 0.4) is 0 Å². The number of methoxy groups -OCH3 is 1. The maximum Gasteiger partial charge on any atom is 0.123 e. The average Bonchev–Trinajstić information content (AvgIpc) is 2.47. The van der Waals surface area contributed by atoms with Gasteiger partial charge in [0.1, 0.15) is 11.6 Å². The lowest BCUT2D eigenvalue weighted by atomic mass is 10.1. The predicted octanol–water partition coefficient (Wildman–Crippen LogP) is 4.29. The number of benzene rings is 2. The maximum absolute atomic E-state index is 12.8. The molecule has 21 heavy (non-hydrogen) atoms. The lowest BCUT2D eigenvalue weighted by Gasteiger charge is -2.13. The van der Waals surface area contributed by atoms with Crippen molar-refractivity contribution in [1.82, 2.24) is 0 Å². The molecule has 0 bridgehead atoms. The Balaban J connectivity index is 1.94. The first-order valence-electron chi connectivity index (χ1n) is 6.47. The monoisotopic (exact) mass is 370 g/mol. The number of hydrogen-bond donors (Lipinski definition) is 1. The number of aliphatic hydroxyl groups is 1. The zero-order valence-electron chi connectivity index (χ0n) is 11.6. The van der Waals surface area contributed by atoms with Crippen LogP contribution in [0.5, 0.6) is 5.75 Å². The van der Waals surface area contributed by atoms with Gasteiger partial charge in [-0.15, -0.1) is 11.8 Å². The maximum atomic E-state index is 12.8. The standard InChI is InChI=1S/C16H16BrFO2S/c1-20-16-7-2-12(17)8-11(16)9-14(19)10-21-15-5-3-13(18)4-6-15/h2-8,14,19H,9-10H2,1H3. The highest BCUT2D eigenvalue weighted by atomic mass is 79.9. The summed E-state index contributed by atoms with van der Waals surface area (Å²) in [6, 6.07) is 12.0. The van der Waals surface area contributed by atoms with Gasteiger partial charge in [-0.05, 0) is 48.0 Å². The van der Waals surface area contributed by atoms with E-state index in [4.69, 9.17) is 4.74 Å². The third-order valence-corrected chi connectivity index (χ3v) is 4.60. The van der Waals surface area contributed by atoms with Crippen LogP contribution in [0, 0.1) is 5.82 Å². The summed E-state index contributed by atoms with van der Waals surface area (Å²) in [6.07, 6.45) is 0.0137. The van der Waals surface area contributed by atoms with Crippen molar-refractivity contribution < 1.29 is 14.2 Å². The minimum atomic E-state index is -0.497. The van der Waals surface area contributed by atoms with Crippen LogP contribution in [0.2, 0.25) is 0 Å². The fraction of sp³-hybridized carbons (Fsp3) is 0.250. The van der Waals surface area contributed by atoms with Crippen molar-refractivity contribution >= 4 is 27.7 Å². The van der Waals surface area contributed by atoms with E-state index in [1.807, 2.05) is 18.2 Å². The molecule has 0 saturated carbocycles. The van der Waals surface area contributed by atoms with E-state index >= 15 is 0 Å². The van der Waals surface area contributed by atoms with Crippen LogP contribution in [0.15, 0.2) is 51.8 Å². The Morgan fingerprint density at radius 3 is 2.62 bits per heavy atom. The molecule has 2 aromatic rings. The summed E-state index contributed by atoms with van der Waals surface area (Å²) in [7, 11) is 1.62. The van der Waals surface area contributed by atoms with Crippen molar-refractivity contribution in [2.24, 2.45) is 0 Å². The molecule has 0 radical (unpaired) electrons. The Hall–Kier alpha value is -1.04. The van der Waals surface area contributed by atoms with Crippen LogP contribution in [-0.4, -0.2) is 24.1 Å². The van der Waals surface area contributed by atoms with Gasteiger partial charge < -0.3 is 9.84 Å². The number of aliphatic hydroxyl groups excluding tert-OH is 1. The summed E-state index contributed by atoms with van der Waals surface area (Å²) in [4.78, 5) is 0.941. The number of hydrogen-bond acceptors (Lipinski definition) is 3. The van der Waals surface area contributed by atoms with E-state index in [0.717, 1.165) is 20.7 Å². The SMILES string of the molecule is COc1ccc(Br)cc1CC(O)CSc1ccc(F)cc1. The molecule has 0 spiro atoms. The number of rotatable bonds is 6. The molecule has 1 atom stereocenters. The third-order valence-electron chi connectivity index (χ3n) is 2.95. The van der Waals surface area contributed by atoms with Gasteiger partial charge in [-0.1, -0.05) is 15.9 Å². The van der Waals surface area contributed by atoms with Crippen molar-refractivity contribution in [3.63, 3.8) is 0 Å². The molecule has 0 amide bonds.